The van der Waals surface area contributed by atoms with Crippen molar-refractivity contribution >= 4 is 63.9 Å². The van der Waals surface area contributed by atoms with E-state index in [1.807, 2.05) is 13.8 Å². The molecule has 0 rings (SSSR count). The Bertz CT molecular complexity index is 830. The van der Waals surface area contributed by atoms with Crippen molar-refractivity contribution in [2.24, 2.45) is 10.8 Å². The molecule has 12 heteroatoms. The van der Waals surface area contributed by atoms with E-state index >= 15 is 0 Å². The number of ether oxygens (including phenoxy) is 2. The number of esters is 2. The Hall–Kier alpha value is -0.983. The molecule has 0 aromatic heterocycles. The summed E-state index contributed by atoms with van der Waals surface area (Å²) in [6, 6.07) is 0.878. The van der Waals surface area contributed by atoms with Gasteiger partial charge in [0.05, 0.1) is 14.2 Å². The average Bonchev–Trinajstić information content (AvgIpc) is 2.78. The summed E-state index contributed by atoms with van der Waals surface area (Å²) in [7, 11) is 0.720. The Labute approximate surface area is 246 Å². The number of carbonyl (C=O) groups is 4. The Morgan fingerprint density at radius 2 is 1.08 bits per heavy atom. The molecule has 0 heterocycles. The van der Waals surface area contributed by atoms with Crippen LogP contribution in [0.4, 0.5) is 0 Å². The van der Waals surface area contributed by atoms with Crippen molar-refractivity contribution in [3.05, 3.63) is 0 Å². The summed E-state index contributed by atoms with van der Waals surface area (Å²) in [6.45, 7) is 16.4. The highest BCUT2D eigenvalue weighted by Gasteiger charge is 2.42. The number of halogens is 2. The van der Waals surface area contributed by atoms with Crippen LogP contribution in [0.3, 0.4) is 0 Å². The zero-order valence-corrected chi connectivity index (χ0v) is 28.9. The minimum Gasteiger partial charge on any atom is -0.468 e. The highest BCUT2D eigenvalue weighted by molar-refractivity contribution is 9.10. The third-order valence-corrected chi connectivity index (χ3v) is 10.1. The Kier molecular flexibility index (Phi) is 14.7. The van der Waals surface area contributed by atoms with E-state index < -0.39 is 39.7 Å². The van der Waals surface area contributed by atoms with Gasteiger partial charge in [-0.05, 0) is 58.7 Å². The highest BCUT2D eigenvalue weighted by atomic mass is 79.9. The van der Waals surface area contributed by atoms with E-state index in [0.29, 0.717) is 39.0 Å². The molecular weight excluding hydrogens is 640 g/mol. The number of amides is 2. The summed E-state index contributed by atoms with van der Waals surface area (Å²) in [4.78, 5) is 49.2. The van der Waals surface area contributed by atoms with Crippen molar-refractivity contribution in [1.82, 2.24) is 10.6 Å². The van der Waals surface area contributed by atoms with Gasteiger partial charge in [-0.1, -0.05) is 59.6 Å². The average molecular weight is 689 g/mol. The molecule has 0 saturated heterocycles. The third-order valence-electron chi connectivity index (χ3n) is 6.34. The topological polar surface area (TPSA) is 120 Å². The molecule has 0 aromatic carbocycles. The second-order valence-corrected chi connectivity index (χ2v) is 19.9. The van der Waals surface area contributed by atoms with Gasteiger partial charge in [0, 0.05) is 30.5 Å². The highest BCUT2D eigenvalue weighted by Crippen LogP contribution is 2.36. The number of hydrogen-bond donors (Lipinski definition) is 2. The molecule has 0 aromatic rings. The number of carbonyl (C=O) groups excluding carboxylic acids is 4. The first-order valence-electron chi connectivity index (χ1n) is 12.9. The van der Waals surface area contributed by atoms with Gasteiger partial charge < -0.3 is 24.5 Å². The fraction of sp³-hybridized carbons (Fsp3) is 0.846. The molecule has 0 spiro atoms. The molecule has 222 valence electrons. The SMILES string of the molecule is COC(=O)C(C)(Br)CC(C)(C)C(=O)NCCCO[Si](C)(C)CCCNC(=O)C(C)(C)CC(C)(Br)C(=O)OC. The maximum Gasteiger partial charge on any atom is 0.322 e. The monoisotopic (exact) mass is 686 g/mol. The van der Waals surface area contributed by atoms with E-state index in [1.54, 1.807) is 27.7 Å². The minimum absolute atomic E-state index is 0.113. The lowest BCUT2D eigenvalue weighted by Crippen LogP contribution is -2.44. The lowest BCUT2D eigenvalue weighted by molar-refractivity contribution is -0.145. The lowest BCUT2D eigenvalue weighted by Gasteiger charge is -2.31. The smallest absolute Gasteiger partial charge is 0.322 e. The molecule has 0 aliphatic carbocycles. The van der Waals surface area contributed by atoms with Crippen LogP contribution in [0, 0.1) is 10.8 Å². The maximum atomic E-state index is 12.7. The predicted octanol–water partition coefficient (Wildman–Crippen LogP) is 4.71. The van der Waals surface area contributed by atoms with E-state index in [0.717, 1.165) is 12.5 Å². The van der Waals surface area contributed by atoms with Gasteiger partial charge in [0.2, 0.25) is 11.8 Å². The van der Waals surface area contributed by atoms with Crippen LogP contribution in [-0.2, 0) is 33.1 Å². The predicted molar refractivity (Wildman–Crippen MR) is 159 cm³/mol. The van der Waals surface area contributed by atoms with Gasteiger partial charge in [-0.25, -0.2) is 0 Å². The first-order chi connectivity index (χ1) is 17.1. The minimum atomic E-state index is -1.93. The summed E-state index contributed by atoms with van der Waals surface area (Å²) >= 11 is 6.76. The van der Waals surface area contributed by atoms with E-state index in [4.69, 9.17) is 13.9 Å². The maximum absolute atomic E-state index is 12.7. The Morgan fingerprint density at radius 3 is 1.45 bits per heavy atom. The normalized spacial score (nSPS) is 15.6. The summed E-state index contributed by atoms with van der Waals surface area (Å²) in [5, 5.41) is 5.92. The van der Waals surface area contributed by atoms with Crippen LogP contribution < -0.4 is 10.6 Å². The number of nitrogens with one attached hydrogen (secondary N) is 2. The molecule has 0 aliphatic rings. The first kappa shape index (κ1) is 37.0. The van der Waals surface area contributed by atoms with Crippen LogP contribution in [0.25, 0.3) is 0 Å². The van der Waals surface area contributed by atoms with E-state index in [1.165, 1.54) is 14.2 Å². The van der Waals surface area contributed by atoms with Gasteiger partial charge in [-0.2, -0.15) is 0 Å². The molecule has 38 heavy (non-hydrogen) atoms. The molecule has 2 amide bonds. The Morgan fingerprint density at radius 1 is 0.711 bits per heavy atom. The van der Waals surface area contributed by atoms with Gasteiger partial charge in [0.15, 0.2) is 8.32 Å². The molecule has 0 fully saturated rings. The number of hydrogen-bond acceptors (Lipinski definition) is 7. The van der Waals surface area contributed by atoms with Crippen molar-refractivity contribution in [3.8, 4) is 0 Å². The quantitative estimate of drug-likeness (QED) is 0.0984. The van der Waals surface area contributed by atoms with Crippen LogP contribution in [0.15, 0.2) is 0 Å². The van der Waals surface area contributed by atoms with Crippen molar-refractivity contribution in [2.75, 3.05) is 33.9 Å². The Balaban J connectivity index is 4.42. The van der Waals surface area contributed by atoms with Gasteiger partial charge in [0.25, 0.3) is 0 Å². The van der Waals surface area contributed by atoms with Crippen LogP contribution in [0.2, 0.25) is 19.1 Å². The van der Waals surface area contributed by atoms with Crippen LogP contribution in [0.1, 0.15) is 67.2 Å². The number of methoxy groups -OCH3 is 2. The van der Waals surface area contributed by atoms with Crippen molar-refractivity contribution in [1.29, 1.82) is 0 Å². The fourth-order valence-electron chi connectivity index (χ4n) is 4.28. The van der Waals surface area contributed by atoms with Crippen LogP contribution in [0.5, 0.6) is 0 Å². The summed E-state index contributed by atoms with van der Waals surface area (Å²) in [6.07, 6.45) is 2.07. The molecule has 9 nitrogen and oxygen atoms in total. The molecule has 2 unspecified atom stereocenters. The van der Waals surface area contributed by atoms with Crippen molar-refractivity contribution in [3.63, 3.8) is 0 Å². The molecule has 0 radical (unpaired) electrons. The van der Waals surface area contributed by atoms with Gasteiger partial charge in [-0.3, -0.25) is 19.2 Å². The van der Waals surface area contributed by atoms with E-state index in [9.17, 15) is 19.2 Å². The standard InChI is InChI=1S/C26H48Br2N2O7Si/c1-23(2,17-25(5,27)21(33)35-7)19(31)29-13-11-15-37-38(9,10)16-12-14-30-20(32)24(3,4)18-26(6,28)22(34)36-8/h11-18H2,1-10H3,(H,29,31)(H,30,32). The molecule has 2 N–H and O–H groups in total. The van der Waals surface area contributed by atoms with Crippen molar-refractivity contribution in [2.45, 2.75) is 95.0 Å². The van der Waals surface area contributed by atoms with Crippen LogP contribution in [-0.4, -0.2) is 74.6 Å². The molecule has 0 bridgehead atoms. The fourth-order valence-corrected chi connectivity index (χ4v) is 7.87. The first-order valence-corrected chi connectivity index (χ1v) is 17.6. The largest absolute Gasteiger partial charge is 0.468 e. The molecular formula is C26H48Br2N2O7Si. The number of alkyl halides is 2. The summed E-state index contributed by atoms with van der Waals surface area (Å²) in [5.74, 6) is -1.07. The molecule has 0 saturated carbocycles. The summed E-state index contributed by atoms with van der Waals surface area (Å²) < 4.78 is 13.9. The van der Waals surface area contributed by atoms with E-state index in [-0.39, 0.29) is 11.8 Å². The van der Waals surface area contributed by atoms with Crippen molar-refractivity contribution < 1.29 is 33.1 Å². The molecule has 0 aliphatic heterocycles. The molecule has 2 atom stereocenters. The lowest BCUT2D eigenvalue weighted by atomic mass is 9.82. The van der Waals surface area contributed by atoms with Gasteiger partial charge in [-0.15, -0.1) is 0 Å². The van der Waals surface area contributed by atoms with Gasteiger partial charge >= 0.3 is 11.9 Å². The van der Waals surface area contributed by atoms with Crippen LogP contribution >= 0.6 is 31.9 Å². The zero-order valence-electron chi connectivity index (χ0n) is 24.8. The number of rotatable bonds is 17. The zero-order chi connectivity index (χ0) is 30.0. The van der Waals surface area contributed by atoms with E-state index in [2.05, 4.69) is 55.6 Å². The second-order valence-electron chi connectivity index (χ2n) is 12.1. The second kappa shape index (κ2) is 15.1. The summed E-state index contributed by atoms with van der Waals surface area (Å²) in [5.41, 5.74) is -1.51. The van der Waals surface area contributed by atoms with Gasteiger partial charge in [0.1, 0.15) is 8.65 Å². The third kappa shape index (κ3) is 12.9.